The number of hydroxylamine groups is 1. The first-order valence-electron chi connectivity index (χ1n) is 12.4. The molecular formula is C27H28F5N3O4. The third kappa shape index (κ3) is 6.22. The molecule has 0 saturated carbocycles. The van der Waals surface area contributed by atoms with Crippen LogP contribution in [0.1, 0.15) is 37.4 Å². The fourth-order valence-electron chi connectivity index (χ4n) is 5.02. The van der Waals surface area contributed by atoms with Gasteiger partial charge in [-0.25, -0.2) is 27.4 Å². The van der Waals surface area contributed by atoms with Crippen molar-refractivity contribution >= 4 is 16.8 Å². The molecule has 1 atom stereocenters. The van der Waals surface area contributed by atoms with Gasteiger partial charge in [0.25, 0.3) is 0 Å². The van der Waals surface area contributed by atoms with E-state index in [0.717, 1.165) is 6.20 Å². The largest absolute Gasteiger partial charge is 0.497 e. The van der Waals surface area contributed by atoms with Gasteiger partial charge in [-0.05, 0) is 57.0 Å². The molecule has 0 aliphatic carbocycles. The maximum absolute atomic E-state index is 15.5. The van der Waals surface area contributed by atoms with Crippen LogP contribution in [-0.2, 0) is 4.79 Å². The topological polar surface area (TPSA) is 83.9 Å². The Balaban J connectivity index is 1.40. The second kappa shape index (κ2) is 12.1. The summed E-state index contributed by atoms with van der Waals surface area (Å²) in [5, 5.41) is 9.65. The number of fused-ring (bicyclic) bond motifs is 1. The second-order valence-corrected chi connectivity index (χ2v) is 9.52. The van der Waals surface area contributed by atoms with Crippen molar-refractivity contribution in [2.45, 2.75) is 31.9 Å². The number of halogens is 5. The Morgan fingerprint density at radius 1 is 1.13 bits per heavy atom. The SMILES string of the molecule is COc1ccc2ncc(F)c(C(F)CCC3(C(=O)NO)CCN(CCOc4c(F)cc(F)cc4F)CC3)c2c1. The molecular weight excluding hydrogens is 525 g/mol. The fraction of sp³-hybridized carbons (Fsp3) is 0.407. The maximum Gasteiger partial charge on any atom is 0.249 e. The zero-order chi connectivity index (χ0) is 28.2. The van der Waals surface area contributed by atoms with Crippen LogP contribution in [0.3, 0.4) is 0 Å². The number of benzene rings is 2. The van der Waals surface area contributed by atoms with Gasteiger partial charge in [0.05, 0.1) is 24.2 Å². The van der Waals surface area contributed by atoms with Crippen LogP contribution in [0.15, 0.2) is 36.5 Å². The molecule has 1 aromatic heterocycles. The van der Waals surface area contributed by atoms with Crippen LogP contribution < -0.4 is 15.0 Å². The predicted octanol–water partition coefficient (Wildman–Crippen LogP) is 5.26. The summed E-state index contributed by atoms with van der Waals surface area (Å²) in [4.78, 5) is 18.6. The monoisotopic (exact) mass is 553 g/mol. The van der Waals surface area contributed by atoms with Gasteiger partial charge in [-0.2, -0.15) is 0 Å². The van der Waals surface area contributed by atoms with Crippen molar-refractivity contribution < 1.29 is 41.4 Å². The molecule has 1 unspecified atom stereocenters. The highest BCUT2D eigenvalue weighted by Crippen LogP contribution is 2.41. The summed E-state index contributed by atoms with van der Waals surface area (Å²) in [7, 11) is 1.44. The minimum absolute atomic E-state index is 0.0319. The van der Waals surface area contributed by atoms with Crippen molar-refractivity contribution in [3.05, 3.63) is 65.4 Å². The molecule has 1 aliphatic rings. The minimum atomic E-state index is -1.75. The van der Waals surface area contributed by atoms with Crippen LogP contribution in [0.25, 0.3) is 10.9 Å². The summed E-state index contributed by atoms with van der Waals surface area (Å²) in [6.07, 6.45) is -0.455. The lowest BCUT2D eigenvalue weighted by atomic mass is 9.73. The van der Waals surface area contributed by atoms with Crippen LogP contribution in [0.5, 0.6) is 11.5 Å². The summed E-state index contributed by atoms with van der Waals surface area (Å²) < 4.78 is 81.2. The Labute approximate surface area is 221 Å². The van der Waals surface area contributed by atoms with Crippen LogP contribution >= 0.6 is 0 Å². The van der Waals surface area contributed by atoms with E-state index in [2.05, 4.69) is 4.98 Å². The number of nitrogens with one attached hydrogen (secondary N) is 1. The van der Waals surface area contributed by atoms with Gasteiger partial charge in [0.15, 0.2) is 17.4 Å². The van der Waals surface area contributed by atoms with E-state index in [1.54, 1.807) is 17.6 Å². The number of piperidine rings is 1. The number of hydrogen-bond acceptors (Lipinski definition) is 6. The zero-order valence-corrected chi connectivity index (χ0v) is 21.2. The van der Waals surface area contributed by atoms with E-state index in [4.69, 9.17) is 9.47 Å². The predicted molar refractivity (Wildman–Crippen MR) is 131 cm³/mol. The van der Waals surface area contributed by atoms with Gasteiger partial charge in [-0.1, -0.05) is 0 Å². The van der Waals surface area contributed by atoms with Gasteiger partial charge in [0.2, 0.25) is 5.91 Å². The number of nitrogens with zero attached hydrogens (tertiary/aromatic N) is 2. The fourth-order valence-corrected chi connectivity index (χ4v) is 5.02. The summed E-state index contributed by atoms with van der Waals surface area (Å²) in [6, 6.07) is 5.79. The first-order valence-corrected chi connectivity index (χ1v) is 12.4. The van der Waals surface area contributed by atoms with Crippen molar-refractivity contribution in [3.63, 3.8) is 0 Å². The lowest BCUT2D eigenvalue weighted by Crippen LogP contribution is -2.49. The molecule has 1 fully saturated rings. The molecule has 4 rings (SSSR count). The van der Waals surface area contributed by atoms with Crippen LogP contribution in [0.4, 0.5) is 22.0 Å². The van der Waals surface area contributed by atoms with Crippen LogP contribution in [0, 0.1) is 28.7 Å². The van der Waals surface area contributed by atoms with Crippen molar-refractivity contribution in [1.82, 2.24) is 15.4 Å². The molecule has 1 saturated heterocycles. The number of aromatic nitrogens is 1. The van der Waals surface area contributed by atoms with Gasteiger partial charge in [0.1, 0.15) is 30.2 Å². The van der Waals surface area contributed by atoms with E-state index in [-0.39, 0.29) is 49.8 Å². The van der Waals surface area contributed by atoms with Gasteiger partial charge in [0, 0.05) is 29.6 Å². The molecule has 2 heterocycles. The highest BCUT2D eigenvalue weighted by molar-refractivity contribution is 5.84. The highest BCUT2D eigenvalue weighted by Gasteiger charge is 2.41. The van der Waals surface area contributed by atoms with Gasteiger partial charge >= 0.3 is 0 Å². The van der Waals surface area contributed by atoms with Crippen LogP contribution in [-0.4, -0.2) is 54.3 Å². The molecule has 0 bridgehead atoms. The smallest absolute Gasteiger partial charge is 0.249 e. The highest BCUT2D eigenvalue weighted by atomic mass is 19.2. The lowest BCUT2D eigenvalue weighted by Gasteiger charge is -2.40. The summed E-state index contributed by atoms with van der Waals surface area (Å²) >= 11 is 0. The molecule has 2 aromatic carbocycles. The number of rotatable bonds is 10. The van der Waals surface area contributed by atoms with E-state index in [0.29, 0.717) is 36.5 Å². The van der Waals surface area contributed by atoms with E-state index in [1.807, 2.05) is 4.90 Å². The summed E-state index contributed by atoms with van der Waals surface area (Å²) in [5.41, 5.74) is 0.788. The first kappa shape index (κ1) is 28.5. The summed E-state index contributed by atoms with van der Waals surface area (Å²) in [6.45, 7) is 0.871. The van der Waals surface area contributed by atoms with Crippen LogP contribution in [0.2, 0.25) is 0 Å². The number of carbonyl (C=O) groups excluding carboxylic acids is 1. The molecule has 1 amide bonds. The van der Waals surface area contributed by atoms with Crippen molar-refractivity contribution in [2.24, 2.45) is 5.41 Å². The standard InChI is InChI=1S/C27H28F5N3O4/c1-38-17-2-3-23-18(14-17)24(22(32)15-33-23)19(29)4-5-27(26(36)34-37)6-8-35(9-7-27)10-11-39-25-20(30)12-16(28)13-21(25)31/h2-3,12-15,19,37H,4-11H2,1H3,(H,34,36). The van der Waals surface area contributed by atoms with E-state index < -0.39 is 46.5 Å². The number of hydrogen-bond donors (Lipinski definition) is 2. The molecule has 0 spiro atoms. The molecule has 0 radical (unpaired) electrons. The van der Waals surface area contributed by atoms with Gasteiger partial charge < -0.3 is 9.47 Å². The Morgan fingerprint density at radius 2 is 1.82 bits per heavy atom. The Hall–Kier alpha value is -3.51. The van der Waals surface area contributed by atoms with E-state index in [1.165, 1.54) is 13.2 Å². The number of carbonyl (C=O) groups is 1. The average molecular weight is 554 g/mol. The Kier molecular flexibility index (Phi) is 8.86. The molecule has 2 N–H and O–H groups in total. The maximum atomic E-state index is 15.5. The number of ether oxygens (including phenoxy) is 2. The third-order valence-electron chi connectivity index (χ3n) is 7.27. The Bertz CT molecular complexity index is 1310. The van der Waals surface area contributed by atoms with Crippen molar-refractivity contribution in [3.8, 4) is 11.5 Å². The van der Waals surface area contributed by atoms with Crippen molar-refractivity contribution in [1.29, 1.82) is 0 Å². The quantitative estimate of drug-likeness (QED) is 0.203. The number of methoxy groups -OCH3 is 1. The molecule has 39 heavy (non-hydrogen) atoms. The normalized spacial score (nSPS) is 16.2. The molecule has 1 aliphatic heterocycles. The third-order valence-corrected chi connectivity index (χ3v) is 7.27. The second-order valence-electron chi connectivity index (χ2n) is 9.52. The number of pyridine rings is 1. The van der Waals surface area contributed by atoms with E-state index >= 15 is 4.39 Å². The van der Waals surface area contributed by atoms with E-state index in [9.17, 15) is 27.6 Å². The molecule has 12 heteroatoms. The summed E-state index contributed by atoms with van der Waals surface area (Å²) in [5.74, 6) is -5.09. The van der Waals surface area contributed by atoms with Gasteiger partial charge in [-0.3, -0.25) is 19.9 Å². The first-order chi connectivity index (χ1) is 18.7. The Morgan fingerprint density at radius 3 is 2.46 bits per heavy atom. The van der Waals surface area contributed by atoms with Crippen molar-refractivity contribution in [2.75, 3.05) is 33.4 Å². The molecule has 210 valence electrons. The molecule has 7 nitrogen and oxygen atoms in total. The average Bonchev–Trinajstić information content (AvgIpc) is 2.93. The lowest BCUT2D eigenvalue weighted by molar-refractivity contribution is -0.143. The number of amides is 1. The van der Waals surface area contributed by atoms with Gasteiger partial charge in [-0.15, -0.1) is 0 Å². The zero-order valence-electron chi connectivity index (χ0n) is 21.2. The minimum Gasteiger partial charge on any atom is -0.497 e. The molecule has 3 aromatic rings. The number of alkyl halides is 1. The number of likely N-dealkylation sites (tertiary alicyclic amines) is 1.